The van der Waals surface area contributed by atoms with Gasteiger partial charge in [0.05, 0.1) is 14.2 Å². The number of methoxy groups -OCH3 is 2. The molecular formula is C16H21NO2. The highest BCUT2D eigenvalue weighted by molar-refractivity contribution is 5.94. The van der Waals surface area contributed by atoms with E-state index in [0.29, 0.717) is 0 Å². The van der Waals surface area contributed by atoms with Gasteiger partial charge in [-0.05, 0) is 37.4 Å². The predicted molar refractivity (Wildman–Crippen MR) is 79.0 cm³/mol. The lowest BCUT2D eigenvalue weighted by Gasteiger charge is -2.13. The molecule has 2 N–H and O–H groups in total. The molecule has 0 amide bonds. The zero-order chi connectivity index (χ0) is 13.7. The Kier molecular flexibility index (Phi) is 4.63. The van der Waals surface area contributed by atoms with E-state index in [0.717, 1.165) is 48.1 Å². The summed E-state index contributed by atoms with van der Waals surface area (Å²) in [6.45, 7) is 0.740. The zero-order valence-corrected chi connectivity index (χ0v) is 11.6. The van der Waals surface area contributed by atoms with Crippen LogP contribution >= 0.6 is 0 Å². The molecule has 0 fully saturated rings. The number of rotatable bonds is 6. The fourth-order valence-corrected chi connectivity index (χ4v) is 2.42. The van der Waals surface area contributed by atoms with Crippen molar-refractivity contribution in [1.29, 1.82) is 0 Å². The lowest BCUT2D eigenvalue weighted by molar-refractivity contribution is 0.411. The smallest absolute Gasteiger partial charge is 0.130 e. The highest BCUT2D eigenvalue weighted by Gasteiger charge is 2.10. The Bertz CT molecular complexity index is 552. The molecule has 2 aromatic rings. The molecule has 3 heteroatoms. The number of benzene rings is 2. The van der Waals surface area contributed by atoms with Crippen LogP contribution in [0.15, 0.2) is 30.3 Å². The molecule has 0 saturated carbocycles. The molecule has 0 aliphatic rings. The monoisotopic (exact) mass is 259 g/mol. The van der Waals surface area contributed by atoms with Gasteiger partial charge in [-0.1, -0.05) is 24.3 Å². The van der Waals surface area contributed by atoms with Crippen molar-refractivity contribution in [2.45, 2.75) is 19.3 Å². The molecule has 0 unspecified atom stereocenters. The molecular weight excluding hydrogens is 238 g/mol. The fraction of sp³-hybridized carbons (Fsp3) is 0.375. The van der Waals surface area contributed by atoms with Crippen LogP contribution in [0, 0.1) is 0 Å². The number of fused-ring (bicyclic) bond motifs is 1. The zero-order valence-electron chi connectivity index (χ0n) is 11.6. The van der Waals surface area contributed by atoms with Crippen LogP contribution in [0.3, 0.4) is 0 Å². The molecule has 2 aromatic carbocycles. The highest BCUT2D eigenvalue weighted by atomic mass is 16.5. The number of hydrogen-bond acceptors (Lipinski definition) is 3. The predicted octanol–water partition coefficient (Wildman–Crippen LogP) is 3.14. The molecule has 0 aliphatic carbocycles. The maximum Gasteiger partial charge on any atom is 0.130 e. The molecule has 0 aromatic heterocycles. The summed E-state index contributed by atoms with van der Waals surface area (Å²) < 4.78 is 11.0. The number of aryl methyl sites for hydroxylation is 1. The minimum absolute atomic E-state index is 0.740. The van der Waals surface area contributed by atoms with Crippen molar-refractivity contribution in [3.63, 3.8) is 0 Å². The van der Waals surface area contributed by atoms with Gasteiger partial charge < -0.3 is 15.2 Å². The summed E-state index contributed by atoms with van der Waals surface area (Å²) in [6, 6.07) is 10.3. The van der Waals surface area contributed by atoms with Crippen LogP contribution in [0.1, 0.15) is 18.4 Å². The number of hydrogen-bond donors (Lipinski definition) is 1. The second kappa shape index (κ2) is 6.43. The summed E-state index contributed by atoms with van der Waals surface area (Å²) in [5.41, 5.74) is 6.78. The summed E-state index contributed by atoms with van der Waals surface area (Å²) in [5.74, 6) is 1.83. The second-order valence-electron chi connectivity index (χ2n) is 4.56. The first kappa shape index (κ1) is 13.7. The highest BCUT2D eigenvalue weighted by Crippen LogP contribution is 2.35. The topological polar surface area (TPSA) is 44.5 Å². The lowest BCUT2D eigenvalue weighted by Crippen LogP contribution is -2.00. The van der Waals surface area contributed by atoms with Gasteiger partial charge in [-0.2, -0.15) is 0 Å². The van der Waals surface area contributed by atoms with E-state index in [4.69, 9.17) is 15.2 Å². The van der Waals surface area contributed by atoms with Crippen molar-refractivity contribution in [1.82, 2.24) is 0 Å². The molecule has 0 radical (unpaired) electrons. The fourth-order valence-electron chi connectivity index (χ4n) is 2.42. The molecule has 102 valence electrons. The maximum atomic E-state index is 5.60. The molecule has 0 spiro atoms. The lowest BCUT2D eigenvalue weighted by atomic mass is 10.0. The van der Waals surface area contributed by atoms with Crippen LogP contribution in [0.2, 0.25) is 0 Å². The molecule has 0 heterocycles. The van der Waals surface area contributed by atoms with Gasteiger partial charge in [-0.3, -0.25) is 0 Å². The van der Waals surface area contributed by atoms with Crippen molar-refractivity contribution in [3.05, 3.63) is 35.9 Å². The normalized spacial score (nSPS) is 10.7. The van der Waals surface area contributed by atoms with Gasteiger partial charge in [0.1, 0.15) is 11.5 Å². The van der Waals surface area contributed by atoms with E-state index in [1.807, 2.05) is 12.1 Å². The molecule has 0 saturated heterocycles. The standard InChI is InChI=1S/C16H21NO2/c1-18-15-8-5-7-14-13(15)10-9-12(16(14)19-2)6-3-4-11-17/h5,7-10H,3-4,6,11,17H2,1-2H3. The van der Waals surface area contributed by atoms with Crippen molar-refractivity contribution >= 4 is 10.8 Å². The first-order valence-corrected chi connectivity index (χ1v) is 6.64. The van der Waals surface area contributed by atoms with Gasteiger partial charge in [-0.15, -0.1) is 0 Å². The van der Waals surface area contributed by atoms with Gasteiger partial charge in [0, 0.05) is 10.8 Å². The van der Waals surface area contributed by atoms with Crippen molar-refractivity contribution in [2.24, 2.45) is 5.73 Å². The summed E-state index contributed by atoms with van der Waals surface area (Å²) in [6.07, 6.45) is 3.12. The largest absolute Gasteiger partial charge is 0.496 e. The SMILES string of the molecule is COc1cccc2c(OC)c(CCCCN)ccc12. The molecule has 0 atom stereocenters. The van der Waals surface area contributed by atoms with E-state index < -0.39 is 0 Å². The summed E-state index contributed by atoms with van der Waals surface area (Å²) in [4.78, 5) is 0. The van der Waals surface area contributed by atoms with Crippen LogP contribution in [-0.4, -0.2) is 20.8 Å². The minimum Gasteiger partial charge on any atom is -0.496 e. The Morgan fingerprint density at radius 2 is 1.79 bits per heavy atom. The Morgan fingerprint density at radius 3 is 2.47 bits per heavy atom. The van der Waals surface area contributed by atoms with Gasteiger partial charge in [-0.25, -0.2) is 0 Å². The van der Waals surface area contributed by atoms with Gasteiger partial charge >= 0.3 is 0 Å². The average molecular weight is 259 g/mol. The summed E-state index contributed by atoms with van der Waals surface area (Å²) in [7, 11) is 3.41. The second-order valence-corrected chi connectivity index (χ2v) is 4.56. The van der Waals surface area contributed by atoms with Crippen LogP contribution < -0.4 is 15.2 Å². The summed E-state index contributed by atoms with van der Waals surface area (Å²) in [5, 5.41) is 2.19. The van der Waals surface area contributed by atoms with Crippen LogP contribution in [0.5, 0.6) is 11.5 Å². The van der Waals surface area contributed by atoms with Gasteiger partial charge in [0.15, 0.2) is 0 Å². The molecule has 2 rings (SSSR count). The first-order valence-electron chi connectivity index (χ1n) is 6.64. The van der Waals surface area contributed by atoms with E-state index in [2.05, 4.69) is 18.2 Å². The quantitative estimate of drug-likeness (QED) is 0.811. The van der Waals surface area contributed by atoms with Crippen molar-refractivity contribution in [3.8, 4) is 11.5 Å². The van der Waals surface area contributed by atoms with E-state index in [-0.39, 0.29) is 0 Å². The third-order valence-electron chi connectivity index (χ3n) is 3.38. The Labute approximate surface area is 114 Å². The van der Waals surface area contributed by atoms with Crippen molar-refractivity contribution < 1.29 is 9.47 Å². The minimum atomic E-state index is 0.740. The van der Waals surface area contributed by atoms with Crippen LogP contribution in [-0.2, 0) is 6.42 Å². The number of ether oxygens (including phenoxy) is 2. The van der Waals surface area contributed by atoms with Crippen LogP contribution in [0.4, 0.5) is 0 Å². The Balaban J connectivity index is 2.44. The van der Waals surface area contributed by atoms with Crippen LogP contribution in [0.25, 0.3) is 10.8 Å². The van der Waals surface area contributed by atoms with Crippen molar-refractivity contribution in [2.75, 3.05) is 20.8 Å². The third kappa shape index (κ3) is 2.82. The number of nitrogens with two attached hydrogens (primary N) is 1. The molecule has 3 nitrogen and oxygen atoms in total. The third-order valence-corrected chi connectivity index (χ3v) is 3.38. The Hall–Kier alpha value is -1.74. The average Bonchev–Trinajstić information content (AvgIpc) is 2.46. The summed E-state index contributed by atoms with van der Waals surface area (Å²) >= 11 is 0. The van der Waals surface area contributed by atoms with E-state index in [9.17, 15) is 0 Å². The maximum absolute atomic E-state index is 5.60. The molecule has 0 bridgehead atoms. The molecule has 0 aliphatic heterocycles. The Morgan fingerprint density at radius 1 is 0.947 bits per heavy atom. The number of unbranched alkanes of at least 4 members (excludes halogenated alkanes) is 1. The van der Waals surface area contributed by atoms with Gasteiger partial charge in [0.2, 0.25) is 0 Å². The van der Waals surface area contributed by atoms with E-state index in [1.165, 1.54) is 5.56 Å². The van der Waals surface area contributed by atoms with E-state index in [1.54, 1.807) is 14.2 Å². The van der Waals surface area contributed by atoms with E-state index >= 15 is 0 Å². The first-order chi connectivity index (χ1) is 9.31. The molecule has 19 heavy (non-hydrogen) atoms. The van der Waals surface area contributed by atoms with Gasteiger partial charge in [0.25, 0.3) is 0 Å².